The SMILES string of the molecule is O=C(O)c1ccn(Cc2cn3ccsc3n2)c1. The van der Waals surface area contributed by atoms with Crippen LogP contribution in [0.15, 0.2) is 36.2 Å². The Bertz CT molecular complexity index is 651. The number of carboxylic acid groups (broad SMARTS) is 1. The van der Waals surface area contributed by atoms with Gasteiger partial charge in [0.25, 0.3) is 0 Å². The van der Waals surface area contributed by atoms with Crippen molar-refractivity contribution >= 4 is 22.3 Å². The van der Waals surface area contributed by atoms with Gasteiger partial charge >= 0.3 is 5.97 Å². The number of carboxylic acids is 1. The Kier molecular flexibility index (Phi) is 2.22. The minimum atomic E-state index is -0.908. The van der Waals surface area contributed by atoms with Crippen molar-refractivity contribution in [2.75, 3.05) is 0 Å². The molecule has 0 aliphatic carbocycles. The summed E-state index contributed by atoms with van der Waals surface area (Å²) >= 11 is 1.58. The molecule has 0 fully saturated rings. The van der Waals surface area contributed by atoms with Crippen LogP contribution in [0, 0.1) is 0 Å². The van der Waals surface area contributed by atoms with E-state index in [4.69, 9.17) is 5.11 Å². The molecule has 0 radical (unpaired) electrons. The van der Waals surface area contributed by atoms with Gasteiger partial charge in [0.1, 0.15) is 0 Å². The lowest BCUT2D eigenvalue weighted by Gasteiger charge is -1.97. The highest BCUT2D eigenvalue weighted by Gasteiger charge is 2.06. The average Bonchev–Trinajstić information content (AvgIpc) is 2.91. The molecule has 0 spiro atoms. The molecule has 0 saturated carbocycles. The molecule has 0 aromatic carbocycles. The lowest BCUT2D eigenvalue weighted by Crippen LogP contribution is -1.98. The van der Waals surface area contributed by atoms with E-state index in [9.17, 15) is 4.79 Å². The summed E-state index contributed by atoms with van der Waals surface area (Å²) in [5.41, 5.74) is 1.22. The maximum Gasteiger partial charge on any atom is 0.337 e. The van der Waals surface area contributed by atoms with Crippen molar-refractivity contribution in [3.05, 3.63) is 47.5 Å². The Labute approximate surface area is 101 Å². The average molecular weight is 247 g/mol. The largest absolute Gasteiger partial charge is 0.478 e. The van der Waals surface area contributed by atoms with Gasteiger partial charge in [0, 0.05) is 30.2 Å². The summed E-state index contributed by atoms with van der Waals surface area (Å²) < 4.78 is 3.78. The van der Waals surface area contributed by atoms with Gasteiger partial charge in [-0.3, -0.25) is 4.40 Å². The van der Waals surface area contributed by atoms with E-state index in [-0.39, 0.29) is 0 Å². The van der Waals surface area contributed by atoms with Crippen molar-refractivity contribution in [2.24, 2.45) is 0 Å². The molecular weight excluding hydrogens is 238 g/mol. The maximum absolute atomic E-state index is 10.7. The van der Waals surface area contributed by atoms with Crippen LogP contribution in [0.4, 0.5) is 0 Å². The highest BCUT2D eigenvalue weighted by molar-refractivity contribution is 7.15. The number of hydrogen-bond acceptors (Lipinski definition) is 3. The Morgan fingerprint density at radius 2 is 2.29 bits per heavy atom. The van der Waals surface area contributed by atoms with Gasteiger partial charge in [0.05, 0.1) is 17.8 Å². The van der Waals surface area contributed by atoms with Crippen LogP contribution < -0.4 is 0 Å². The van der Waals surface area contributed by atoms with Gasteiger partial charge in [-0.25, -0.2) is 9.78 Å². The third kappa shape index (κ3) is 1.83. The van der Waals surface area contributed by atoms with Crippen LogP contribution in [0.5, 0.6) is 0 Å². The molecule has 0 bridgehead atoms. The quantitative estimate of drug-likeness (QED) is 0.769. The number of nitrogens with zero attached hydrogens (tertiary/aromatic N) is 3. The molecule has 3 rings (SSSR count). The summed E-state index contributed by atoms with van der Waals surface area (Å²) in [7, 11) is 0. The van der Waals surface area contributed by atoms with Gasteiger partial charge in [-0.1, -0.05) is 0 Å². The van der Waals surface area contributed by atoms with Gasteiger partial charge < -0.3 is 9.67 Å². The molecule has 17 heavy (non-hydrogen) atoms. The van der Waals surface area contributed by atoms with E-state index in [1.54, 1.807) is 29.8 Å². The molecule has 0 aliphatic heterocycles. The van der Waals surface area contributed by atoms with Crippen molar-refractivity contribution in [1.29, 1.82) is 0 Å². The van der Waals surface area contributed by atoms with Crippen molar-refractivity contribution in [2.45, 2.75) is 6.54 Å². The van der Waals surface area contributed by atoms with Crippen LogP contribution in [0.1, 0.15) is 16.1 Å². The third-order valence-corrected chi connectivity index (χ3v) is 3.26. The fraction of sp³-hybridized carbons (Fsp3) is 0.0909. The monoisotopic (exact) mass is 247 g/mol. The molecule has 3 aromatic heterocycles. The summed E-state index contributed by atoms with van der Waals surface area (Å²) in [6.45, 7) is 0.585. The summed E-state index contributed by atoms with van der Waals surface area (Å²) in [5.74, 6) is -0.908. The molecule has 6 heteroatoms. The molecule has 0 unspecified atom stereocenters. The van der Waals surface area contributed by atoms with Gasteiger partial charge in [-0.15, -0.1) is 11.3 Å². The third-order valence-electron chi connectivity index (χ3n) is 2.49. The Hall–Kier alpha value is -2.08. The molecular formula is C11H9N3O2S. The molecule has 1 N–H and O–H groups in total. The van der Waals surface area contributed by atoms with E-state index >= 15 is 0 Å². The normalized spacial score (nSPS) is 11.1. The molecule has 5 nitrogen and oxygen atoms in total. The van der Waals surface area contributed by atoms with Crippen LogP contribution in [-0.2, 0) is 6.54 Å². The first-order chi connectivity index (χ1) is 8.22. The number of imidazole rings is 1. The molecule has 0 amide bonds. The number of aromatic nitrogens is 3. The number of thiazole rings is 1. The van der Waals surface area contributed by atoms with E-state index < -0.39 is 5.97 Å². The summed E-state index contributed by atoms with van der Waals surface area (Å²) in [6, 6.07) is 1.58. The smallest absolute Gasteiger partial charge is 0.337 e. The number of carbonyl (C=O) groups is 1. The second-order valence-corrected chi connectivity index (χ2v) is 4.58. The van der Waals surface area contributed by atoms with E-state index in [2.05, 4.69) is 4.98 Å². The predicted molar refractivity (Wildman–Crippen MR) is 63.6 cm³/mol. The first-order valence-electron chi connectivity index (χ1n) is 5.02. The topological polar surface area (TPSA) is 59.5 Å². The lowest BCUT2D eigenvalue weighted by atomic mass is 10.4. The van der Waals surface area contributed by atoms with Crippen LogP contribution >= 0.6 is 11.3 Å². The molecule has 0 atom stereocenters. The molecule has 0 saturated heterocycles. The van der Waals surface area contributed by atoms with Crippen LogP contribution in [0.3, 0.4) is 0 Å². The Balaban J connectivity index is 1.86. The van der Waals surface area contributed by atoms with Gasteiger partial charge in [-0.2, -0.15) is 0 Å². The number of aromatic carboxylic acids is 1. The fourth-order valence-corrected chi connectivity index (χ4v) is 2.42. The number of rotatable bonds is 3. The van der Waals surface area contributed by atoms with Crippen molar-refractivity contribution < 1.29 is 9.90 Å². The number of fused-ring (bicyclic) bond motifs is 1. The van der Waals surface area contributed by atoms with E-state index in [0.29, 0.717) is 12.1 Å². The minimum absolute atomic E-state index is 0.297. The second kappa shape index (κ2) is 3.74. The maximum atomic E-state index is 10.7. The first kappa shape index (κ1) is 10.1. The van der Waals surface area contributed by atoms with E-state index in [1.165, 1.54) is 0 Å². The van der Waals surface area contributed by atoms with E-state index in [1.807, 2.05) is 26.7 Å². The molecule has 86 valence electrons. The fourth-order valence-electron chi connectivity index (χ4n) is 1.70. The Morgan fingerprint density at radius 3 is 3.00 bits per heavy atom. The summed E-state index contributed by atoms with van der Waals surface area (Å²) in [6.07, 6.45) is 7.26. The molecule has 0 aliphatic rings. The molecule has 3 heterocycles. The van der Waals surface area contributed by atoms with E-state index in [0.717, 1.165) is 10.7 Å². The van der Waals surface area contributed by atoms with Gasteiger partial charge in [0.2, 0.25) is 0 Å². The summed E-state index contributed by atoms with van der Waals surface area (Å²) in [4.78, 5) is 16.1. The molecule has 3 aromatic rings. The minimum Gasteiger partial charge on any atom is -0.478 e. The first-order valence-corrected chi connectivity index (χ1v) is 5.90. The number of hydrogen-bond donors (Lipinski definition) is 1. The van der Waals surface area contributed by atoms with Crippen molar-refractivity contribution in [1.82, 2.24) is 14.0 Å². The predicted octanol–water partition coefficient (Wildman–Crippen LogP) is 1.94. The zero-order chi connectivity index (χ0) is 11.8. The zero-order valence-electron chi connectivity index (χ0n) is 8.78. The van der Waals surface area contributed by atoms with Crippen molar-refractivity contribution in [3.63, 3.8) is 0 Å². The van der Waals surface area contributed by atoms with Crippen LogP contribution in [0.2, 0.25) is 0 Å². The van der Waals surface area contributed by atoms with Crippen LogP contribution in [-0.4, -0.2) is 25.0 Å². The Morgan fingerprint density at radius 1 is 1.41 bits per heavy atom. The van der Waals surface area contributed by atoms with Crippen LogP contribution in [0.25, 0.3) is 4.96 Å². The van der Waals surface area contributed by atoms with Gasteiger partial charge in [0.15, 0.2) is 4.96 Å². The zero-order valence-corrected chi connectivity index (χ0v) is 9.59. The van der Waals surface area contributed by atoms with Crippen molar-refractivity contribution in [3.8, 4) is 0 Å². The standard InChI is InChI=1S/C11H9N3O2S/c15-10(16)8-1-2-13(5-8)6-9-7-14-3-4-17-11(14)12-9/h1-5,7H,6H2,(H,15,16). The summed E-state index contributed by atoms with van der Waals surface area (Å²) in [5, 5.41) is 10.8. The second-order valence-electron chi connectivity index (χ2n) is 3.70. The lowest BCUT2D eigenvalue weighted by molar-refractivity contribution is 0.0697. The highest BCUT2D eigenvalue weighted by Crippen LogP contribution is 2.12. The van der Waals surface area contributed by atoms with Gasteiger partial charge in [-0.05, 0) is 6.07 Å². The highest BCUT2D eigenvalue weighted by atomic mass is 32.1.